The van der Waals surface area contributed by atoms with Crippen molar-refractivity contribution in [1.29, 1.82) is 0 Å². The first kappa shape index (κ1) is 19.2. The Kier molecular flexibility index (Phi) is 6.07. The second kappa shape index (κ2) is 8.87. The van der Waals surface area contributed by atoms with Crippen LogP contribution in [-0.4, -0.2) is 28.5 Å². The van der Waals surface area contributed by atoms with Gasteiger partial charge in [-0.1, -0.05) is 18.2 Å². The van der Waals surface area contributed by atoms with Crippen LogP contribution < -0.4 is 21.1 Å². The number of aliphatic carboxylic acids is 1. The van der Waals surface area contributed by atoms with Gasteiger partial charge in [0.05, 0.1) is 12.1 Å². The summed E-state index contributed by atoms with van der Waals surface area (Å²) in [5.74, 6) is -0.331. The predicted molar refractivity (Wildman–Crippen MR) is 107 cm³/mol. The molecular weight excluding hydrogens is 380 g/mol. The number of nitrogens with two attached hydrogens (primary N) is 1. The number of hydrogen-bond donors (Lipinski definition) is 4. The summed E-state index contributed by atoms with van der Waals surface area (Å²) in [4.78, 5) is 27.8. The molecule has 144 valence electrons. The Morgan fingerprint density at radius 2 is 1.89 bits per heavy atom. The van der Waals surface area contributed by atoms with Crippen molar-refractivity contribution < 1.29 is 19.4 Å². The molecule has 1 amide bonds. The number of thiophene rings is 1. The Morgan fingerprint density at radius 1 is 1.11 bits per heavy atom. The van der Waals surface area contributed by atoms with Crippen LogP contribution in [0.2, 0.25) is 0 Å². The lowest BCUT2D eigenvalue weighted by molar-refractivity contribution is -0.134. The van der Waals surface area contributed by atoms with Gasteiger partial charge in [-0.25, -0.2) is 4.98 Å². The maximum absolute atomic E-state index is 12.3. The zero-order valence-corrected chi connectivity index (χ0v) is 15.5. The van der Waals surface area contributed by atoms with E-state index in [1.807, 2.05) is 42.5 Å². The third kappa shape index (κ3) is 5.21. The number of carboxylic acids is 1. The van der Waals surface area contributed by atoms with E-state index in [4.69, 9.17) is 15.6 Å². The zero-order valence-electron chi connectivity index (χ0n) is 14.7. The molecule has 28 heavy (non-hydrogen) atoms. The normalized spacial score (nSPS) is 10.3. The standard InChI is InChI=1S/C19H18N4O4S/c20-18-14(7-8-15(23-18)21-11-16(24)25)19(26)22-10-13-6-9-17(28-13)27-12-4-2-1-3-5-12/h1-9H,10-11H2,(H,22,26)(H,24,25)(H3,20,21,23). The molecule has 0 aliphatic rings. The van der Waals surface area contributed by atoms with E-state index in [2.05, 4.69) is 15.6 Å². The largest absolute Gasteiger partial charge is 0.480 e. The molecule has 0 bridgehead atoms. The van der Waals surface area contributed by atoms with Gasteiger partial charge >= 0.3 is 5.97 Å². The number of para-hydroxylation sites is 1. The van der Waals surface area contributed by atoms with Crippen LogP contribution >= 0.6 is 11.3 Å². The molecule has 0 unspecified atom stereocenters. The van der Waals surface area contributed by atoms with Crippen LogP contribution in [0.3, 0.4) is 0 Å². The fourth-order valence-electron chi connectivity index (χ4n) is 2.31. The minimum Gasteiger partial charge on any atom is -0.480 e. The van der Waals surface area contributed by atoms with E-state index in [1.54, 1.807) is 0 Å². The van der Waals surface area contributed by atoms with E-state index in [1.165, 1.54) is 23.5 Å². The van der Waals surface area contributed by atoms with Crippen molar-refractivity contribution in [2.24, 2.45) is 0 Å². The number of nitrogen functional groups attached to an aromatic ring is 1. The van der Waals surface area contributed by atoms with Gasteiger partial charge in [-0.15, -0.1) is 11.3 Å². The molecule has 0 radical (unpaired) electrons. The van der Waals surface area contributed by atoms with Crippen LogP contribution in [0.1, 0.15) is 15.2 Å². The fraction of sp³-hybridized carbons (Fsp3) is 0.105. The van der Waals surface area contributed by atoms with Crippen LogP contribution in [0.15, 0.2) is 54.6 Å². The summed E-state index contributed by atoms with van der Waals surface area (Å²) in [7, 11) is 0. The molecule has 8 nitrogen and oxygen atoms in total. The smallest absolute Gasteiger partial charge is 0.322 e. The molecule has 3 aromatic rings. The minimum atomic E-state index is -1.02. The van der Waals surface area contributed by atoms with Gasteiger partial charge in [0, 0.05) is 4.88 Å². The Morgan fingerprint density at radius 3 is 2.61 bits per heavy atom. The molecule has 0 saturated heterocycles. The number of aromatic nitrogens is 1. The summed E-state index contributed by atoms with van der Waals surface area (Å²) in [6, 6.07) is 16.2. The quantitative estimate of drug-likeness (QED) is 0.459. The number of anilines is 2. The van der Waals surface area contributed by atoms with E-state index in [0.29, 0.717) is 6.54 Å². The molecule has 1 aromatic carbocycles. The Labute approximate surface area is 165 Å². The molecule has 0 atom stereocenters. The molecule has 9 heteroatoms. The SMILES string of the molecule is Nc1nc(NCC(=O)O)ccc1C(=O)NCc1ccc(Oc2ccccc2)s1. The van der Waals surface area contributed by atoms with Crippen LogP contribution in [0.25, 0.3) is 0 Å². The molecule has 0 aliphatic heterocycles. The average molecular weight is 398 g/mol. The highest BCUT2D eigenvalue weighted by molar-refractivity contribution is 7.13. The van der Waals surface area contributed by atoms with E-state index >= 15 is 0 Å². The highest BCUT2D eigenvalue weighted by Gasteiger charge is 2.12. The molecule has 0 fully saturated rings. The van der Waals surface area contributed by atoms with Crippen LogP contribution in [0.5, 0.6) is 10.8 Å². The highest BCUT2D eigenvalue weighted by Crippen LogP contribution is 2.29. The lowest BCUT2D eigenvalue weighted by Gasteiger charge is -2.08. The number of rotatable bonds is 8. The first-order valence-electron chi connectivity index (χ1n) is 8.33. The number of carbonyl (C=O) groups excluding carboxylic acids is 1. The molecular formula is C19H18N4O4S. The summed E-state index contributed by atoms with van der Waals surface area (Å²) in [6.07, 6.45) is 0. The van der Waals surface area contributed by atoms with Crippen LogP contribution in [-0.2, 0) is 11.3 Å². The Hall–Kier alpha value is -3.59. The summed E-state index contributed by atoms with van der Waals surface area (Å²) >= 11 is 1.43. The number of nitrogens with one attached hydrogen (secondary N) is 2. The number of amides is 1. The fourth-order valence-corrected chi connectivity index (χ4v) is 3.12. The number of nitrogens with zero attached hydrogens (tertiary/aromatic N) is 1. The van der Waals surface area contributed by atoms with Gasteiger partial charge in [-0.3, -0.25) is 9.59 Å². The van der Waals surface area contributed by atoms with E-state index in [0.717, 1.165) is 15.7 Å². The maximum Gasteiger partial charge on any atom is 0.322 e. The van der Waals surface area contributed by atoms with Gasteiger partial charge < -0.3 is 26.2 Å². The minimum absolute atomic E-state index is 0.0205. The second-order valence-electron chi connectivity index (χ2n) is 5.70. The Bertz CT molecular complexity index is 975. The first-order valence-corrected chi connectivity index (χ1v) is 9.15. The number of benzene rings is 1. The summed E-state index contributed by atoms with van der Waals surface area (Å²) < 4.78 is 5.75. The lowest BCUT2D eigenvalue weighted by Crippen LogP contribution is -2.24. The Balaban J connectivity index is 1.56. The van der Waals surface area contributed by atoms with Crippen LogP contribution in [0.4, 0.5) is 11.6 Å². The van der Waals surface area contributed by atoms with Crippen molar-refractivity contribution in [2.45, 2.75) is 6.54 Å². The zero-order chi connectivity index (χ0) is 19.9. The van der Waals surface area contributed by atoms with Crippen LogP contribution in [0, 0.1) is 0 Å². The van der Waals surface area contributed by atoms with Gasteiger partial charge in [0.2, 0.25) is 0 Å². The third-order valence-corrected chi connectivity index (χ3v) is 4.58. The third-order valence-electron chi connectivity index (χ3n) is 3.61. The topological polar surface area (TPSA) is 127 Å². The van der Waals surface area contributed by atoms with Gasteiger partial charge in [-0.05, 0) is 36.4 Å². The van der Waals surface area contributed by atoms with E-state index in [9.17, 15) is 9.59 Å². The number of ether oxygens (including phenoxy) is 1. The maximum atomic E-state index is 12.3. The van der Waals surface area contributed by atoms with Gasteiger partial charge in [0.1, 0.15) is 23.9 Å². The number of pyridine rings is 1. The highest BCUT2D eigenvalue weighted by atomic mass is 32.1. The second-order valence-corrected chi connectivity index (χ2v) is 6.83. The summed E-state index contributed by atoms with van der Waals surface area (Å²) in [6.45, 7) is 0.0316. The molecule has 2 heterocycles. The monoisotopic (exact) mass is 398 g/mol. The van der Waals surface area contributed by atoms with Crippen molar-refractivity contribution in [3.8, 4) is 10.8 Å². The molecule has 3 rings (SSSR count). The molecule has 5 N–H and O–H groups in total. The van der Waals surface area contributed by atoms with Crippen molar-refractivity contribution in [2.75, 3.05) is 17.6 Å². The molecule has 2 aromatic heterocycles. The van der Waals surface area contributed by atoms with Crippen molar-refractivity contribution in [3.63, 3.8) is 0 Å². The van der Waals surface area contributed by atoms with Gasteiger partial charge in [0.15, 0.2) is 5.06 Å². The predicted octanol–water partition coefficient (Wildman–Crippen LogP) is 2.94. The van der Waals surface area contributed by atoms with Crippen molar-refractivity contribution in [1.82, 2.24) is 10.3 Å². The summed E-state index contributed by atoms with van der Waals surface area (Å²) in [5.41, 5.74) is 6.03. The number of carboxylic acid groups (broad SMARTS) is 1. The molecule has 0 saturated carbocycles. The first-order chi connectivity index (χ1) is 13.5. The van der Waals surface area contributed by atoms with Gasteiger partial charge in [0.25, 0.3) is 5.91 Å². The molecule has 0 spiro atoms. The molecule has 0 aliphatic carbocycles. The van der Waals surface area contributed by atoms with Crippen molar-refractivity contribution in [3.05, 3.63) is 65.0 Å². The van der Waals surface area contributed by atoms with E-state index in [-0.39, 0.29) is 29.7 Å². The number of hydrogen-bond acceptors (Lipinski definition) is 7. The lowest BCUT2D eigenvalue weighted by atomic mass is 10.2. The van der Waals surface area contributed by atoms with Crippen molar-refractivity contribution >= 4 is 34.8 Å². The average Bonchev–Trinajstić information content (AvgIpc) is 3.12. The number of carbonyl (C=O) groups is 2. The van der Waals surface area contributed by atoms with E-state index < -0.39 is 5.97 Å². The summed E-state index contributed by atoms with van der Waals surface area (Å²) in [5, 5.41) is 14.8. The van der Waals surface area contributed by atoms with Gasteiger partial charge in [-0.2, -0.15) is 0 Å².